The summed E-state index contributed by atoms with van der Waals surface area (Å²) in [5.74, 6) is 0. The van der Waals surface area contributed by atoms with Crippen LogP contribution < -0.4 is 0 Å². The van der Waals surface area contributed by atoms with Gasteiger partial charge < -0.3 is 4.57 Å². The second-order valence-electron chi connectivity index (χ2n) is 3.31. The van der Waals surface area contributed by atoms with E-state index in [0.717, 1.165) is 0 Å². The van der Waals surface area contributed by atoms with Crippen LogP contribution in [0.2, 0.25) is 12.6 Å². The fourth-order valence-corrected chi connectivity index (χ4v) is 2.34. The van der Waals surface area contributed by atoms with Gasteiger partial charge in [0.25, 0.3) is 0 Å². The molecule has 0 heterocycles. The quantitative estimate of drug-likeness (QED) is 0.438. The van der Waals surface area contributed by atoms with E-state index in [-0.39, 0.29) is 0 Å². The van der Waals surface area contributed by atoms with Gasteiger partial charge in [-0.25, -0.2) is 0 Å². The average Bonchev–Trinajstić information content (AvgIpc) is 1.88. The topological polar surface area (TPSA) is 3.24 Å². The Kier molecular flexibility index (Phi) is 6.03. The van der Waals surface area contributed by atoms with Crippen molar-refractivity contribution in [1.29, 1.82) is 0 Å². The molecule has 0 fully saturated rings. The van der Waals surface area contributed by atoms with Crippen LogP contribution in [0.5, 0.6) is 0 Å². The zero-order chi connectivity index (χ0) is 7.98. The van der Waals surface area contributed by atoms with Crippen LogP contribution >= 0.6 is 0 Å². The molecule has 1 atom stereocenters. The predicted octanol–water partition coefficient (Wildman–Crippen LogP) is 2.09. The molecule has 0 aliphatic heterocycles. The van der Waals surface area contributed by atoms with Crippen molar-refractivity contribution < 1.29 is 0 Å². The highest BCUT2D eigenvalue weighted by atomic mass is 28.3. The van der Waals surface area contributed by atoms with Gasteiger partial charge in [0.05, 0.1) is 0 Å². The van der Waals surface area contributed by atoms with Crippen molar-refractivity contribution in [1.82, 2.24) is 4.57 Å². The summed E-state index contributed by atoms with van der Waals surface area (Å²) < 4.78 is 2.43. The normalized spacial score (nSPS) is 14.1. The van der Waals surface area contributed by atoms with E-state index in [1.807, 2.05) is 0 Å². The van der Waals surface area contributed by atoms with Crippen LogP contribution in [0.15, 0.2) is 0 Å². The molecule has 0 aromatic heterocycles. The third-order valence-electron chi connectivity index (χ3n) is 2.11. The summed E-state index contributed by atoms with van der Waals surface area (Å²) >= 11 is 0. The van der Waals surface area contributed by atoms with E-state index >= 15 is 0 Å². The molecule has 0 aliphatic carbocycles. The standard InChI is InChI=1S/C8H21NSi/c1-5-6-7-8-10(4)9(2)3/h10H,5-8H2,1-4H3. The molecule has 0 aromatic carbocycles. The Morgan fingerprint density at radius 1 is 1.20 bits per heavy atom. The summed E-state index contributed by atoms with van der Waals surface area (Å²) in [4.78, 5) is 0. The third-order valence-corrected chi connectivity index (χ3v) is 5.11. The molecule has 10 heavy (non-hydrogen) atoms. The maximum atomic E-state index is 2.43. The molecule has 0 saturated heterocycles. The number of hydrogen-bond donors (Lipinski definition) is 0. The van der Waals surface area contributed by atoms with Crippen LogP contribution in [0.1, 0.15) is 26.2 Å². The third kappa shape index (κ3) is 5.00. The van der Waals surface area contributed by atoms with Gasteiger partial charge in [-0.2, -0.15) is 0 Å². The van der Waals surface area contributed by atoms with Crippen LogP contribution in [0.3, 0.4) is 0 Å². The van der Waals surface area contributed by atoms with Crippen LogP contribution in [-0.2, 0) is 0 Å². The Hall–Kier alpha value is 0.177. The van der Waals surface area contributed by atoms with Crippen LogP contribution in [-0.4, -0.2) is 27.6 Å². The maximum absolute atomic E-state index is 2.43. The first kappa shape index (κ1) is 10.2. The van der Waals surface area contributed by atoms with E-state index in [1.165, 1.54) is 25.3 Å². The number of hydrogen-bond acceptors (Lipinski definition) is 1. The Morgan fingerprint density at radius 2 is 1.80 bits per heavy atom. The van der Waals surface area contributed by atoms with E-state index in [9.17, 15) is 0 Å². The molecule has 0 radical (unpaired) electrons. The van der Waals surface area contributed by atoms with Crippen molar-refractivity contribution in [3.05, 3.63) is 0 Å². The fraction of sp³-hybridized carbons (Fsp3) is 1.00. The Balaban J connectivity index is 3.13. The van der Waals surface area contributed by atoms with Crippen molar-refractivity contribution in [3.8, 4) is 0 Å². The van der Waals surface area contributed by atoms with Crippen LogP contribution in [0.25, 0.3) is 0 Å². The van der Waals surface area contributed by atoms with E-state index < -0.39 is 8.96 Å². The highest BCUT2D eigenvalue weighted by Gasteiger charge is 2.04. The molecule has 1 nitrogen and oxygen atoms in total. The monoisotopic (exact) mass is 159 g/mol. The summed E-state index contributed by atoms with van der Waals surface area (Å²) in [7, 11) is 3.95. The molecular formula is C8H21NSi. The molecule has 0 aliphatic rings. The van der Waals surface area contributed by atoms with Gasteiger partial charge in [0.1, 0.15) is 8.96 Å². The molecule has 0 spiro atoms. The van der Waals surface area contributed by atoms with Crippen molar-refractivity contribution >= 4 is 8.96 Å². The molecule has 0 saturated carbocycles. The lowest BCUT2D eigenvalue weighted by atomic mass is 10.3. The van der Waals surface area contributed by atoms with Crippen LogP contribution in [0, 0.1) is 0 Å². The fourth-order valence-electron chi connectivity index (χ4n) is 0.948. The van der Waals surface area contributed by atoms with Crippen molar-refractivity contribution in [3.63, 3.8) is 0 Å². The van der Waals surface area contributed by atoms with E-state index in [2.05, 4.69) is 32.1 Å². The smallest absolute Gasteiger partial charge is 0.108 e. The van der Waals surface area contributed by atoms with Gasteiger partial charge in [-0.05, 0) is 20.1 Å². The molecular weight excluding hydrogens is 138 g/mol. The van der Waals surface area contributed by atoms with Gasteiger partial charge in [-0.15, -0.1) is 0 Å². The van der Waals surface area contributed by atoms with Gasteiger partial charge in [0.15, 0.2) is 0 Å². The highest BCUT2D eigenvalue weighted by Crippen LogP contribution is 2.04. The van der Waals surface area contributed by atoms with Crippen molar-refractivity contribution in [2.75, 3.05) is 14.1 Å². The molecule has 0 N–H and O–H groups in total. The van der Waals surface area contributed by atoms with E-state index in [4.69, 9.17) is 0 Å². The van der Waals surface area contributed by atoms with Gasteiger partial charge in [-0.1, -0.05) is 32.7 Å². The summed E-state index contributed by atoms with van der Waals surface area (Å²) in [6.07, 6.45) is 4.22. The van der Waals surface area contributed by atoms with Gasteiger partial charge >= 0.3 is 0 Å². The lowest BCUT2D eigenvalue weighted by Gasteiger charge is -2.17. The molecule has 0 bridgehead atoms. The van der Waals surface area contributed by atoms with Crippen molar-refractivity contribution in [2.45, 2.75) is 38.8 Å². The first-order valence-electron chi connectivity index (χ1n) is 4.35. The minimum absolute atomic E-state index is 0.474. The number of rotatable bonds is 5. The number of unbranched alkanes of at least 4 members (excludes halogenated alkanes) is 2. The summed E-state index contributed by atoms with van der Waals surface area (Å²) in [6.45, 7) is 4.69. The molecule has 0 rings (SSSR count). The molecule has 2 heteroatoms. The average molecular weight is 159 g/mol. The predicted molar refractivity (Wildman–Crippen MR) is 51.0 cm³/mol. The first-order valence-corrected chi connectivity index (χ1v) is 6.83. The Morgan fingerprint density at radius 3 is 2.20 bits per heavy atom. The molecule has 1 unspecified atom stereocenters. The van der Waals surface area contributed by atoms with Gasteiger partial charge in [-0.3, -0.25) is 0 Å². The van der Waals surface area contributed by atoms with Crippen molar-refractivity contribution in [2.24, 2.45) is 0 Å². The second-order valence-corrected chi connectivity index (χ2v) is 6.62. The lowest BCUT2D eigenvalue weighted by molar-refractivity contribution is 0.628. The van der Waals surface area contributed by atoms with Crippen LogP contribution in [0.4, 0.5) is 0 Å². The number of nitrogens with zero attached hydrogens (tertiary/aromatic N) is 1. The SMILES string of the molecule is CCCCC[SiH](C)N(C)C. The van der Waals surface area contributed by atoms with E-state index in [1.54, 1.807) is 0 Å². The molecule has 62 valence electrons. The zero-order valence-electron chi connectivity index (χ0n) is 7.85. The Labute approximate surface area is 67.1 Å². The highest BCUT2D eigenvalue weighted by molar-refractivity contribution is 6.54. The molecule has 0 aromatic rings. The summed E-state index contributed by atoms with van der Waals surface area (Å²) in [6, 6.07) is 1.49. The minimum Gasteiger partial charge on any atom is -0.332 e. The van der Waals surface area contributed by atoms with Gasteiger partial charge in [0.2, 0.25) is 0 Å². The first-order chi connectivity index (χ1) is 4.68. The van der Waals surface area contributed by atoms with E-state index in [0.29, 0.717) is 0 Å². The second kappa shape index (κ2) is 5.92. The lowest BCUT2D eigenvalue weighted by Crippen LogP contribution is -2.28. The van der Waals surface area contributed by atoms with Gasteiger partial charge in [0, 0.05) is 0 Å². The largest absolute Gasteiger partial charge is 0.332 e. The summed E-state index contributed by atoms with van der Waals surface area (Å²) in [5, 5.41) is 0. The summed E-state index contributed by atoms with van der Waals surface area (Å²) in [5.41, 5.74) is 0. The minimum atomic E-state index is -0.474. The maximum Gasteiger partial charge on any atom is 0.108 e. The zero-order valence-corrected chi connectivity index (χ0v) is 9.01. The Bertz CT molecular complexity index is 73.7. The molecule has 0 amide bonds.